The number of rotatable bonds is 6. The Labute approximate surface area is 138 Å². The molecule has 2 atom stereocenters. The van der Waals surface area contributed by atoms with E-state index in [1.165, 1.54) is 0 Å². The average Bonchev–Trinajstić information content (AvgIpc) is 2.92. The molecule has 23 heavy (non-hydrogen) atoms. The maximum Gasteiger partial charge on any atom is 0.228 e. The molecule has 5 heteroatoms. The highest BCUT2D eigenvalue weighted by Crippen LogP contribution is 2.39. The summed E-state index contributed by atoms with van der Waals surface area (Å²) in [6.07, 6.45) is 0.292. The number of methoxy groups -OCH3 is 1. The molecule has 1 aromatic rings. The van der Waals surface area contributed by atoms with Gasteiger partial charge in [-0.15, -0.1) is 0 Å². The van der Waals surface area contributed by atoms with Crippen molar-refractivity contribution < 1.29 is 14.3 Å². The van der Waals surface area contributed by atoms with E-state index in [0.29, 0.717) is 26.1 Å². The van der Waals surface area contributed by atoms with E-state index in [4.69, 9.17) is 4.74 Å². The minimum atomic E-state index is -0.309. The van der Waals surface area contributed by atoms with Crippen molar-refractivity contribution in [3.63, 3.8) is 0 Å². The Hall–Kier alpha value is -2.04. The second kappa shape index (κ2) is 7.49. The van der Waals surface area contributed by atoms with Gasteiger partial charge in [0, 0.05) is 26.1 Å². The van der Waals surface area contributed by atoms with E-state index in [1.807, 2.05) is 54.8 Å². The first-order valence-electron chi connectivity index (χ1n) is 8.29. The summed E-state index contributed by atoms with van der Waals surface area (Å²) in [6, 6.07) is 7.47. The Kier molecular flexibility index (Phi) is 5.64. The number of carbonyl (C=O) groups excluding carboxylic acids is 2. The predicted octanol–water partition coefficient (Wildman–Crippen LogP) is 2.47. The fourth-order valence-corrected chi connectivity index (χ4v) is 3.37. The van der Waals surface area contributed by atoms with Crippen LogP contribution in [0.1, 0.15) is 38.8 Å². The first-order chi connectivity index (χ1) is 11.1. The molecule has 1 fully saturated rings. The third-order valence-electron chi connectivity index (χ3n) is 4.62. The van der Waals surface area contributed by atoms with Gasteiger partial charge >= 0.3 is 0 Å². The molecule has 2 amide bonds. The number of benzene rings is 1. The molecule has 0 aliphatic carbocycles. The molecular formula is C18H26N2O3. The molecule has 0 saturated carbocycles. The molecular weight excluding hydrogens is 292 g/mol. The number of amides is 2. The highest BCUT2D eigenvalue weighted by atomic mass is 16.5. The zero-order chi connectivity index (χ0) is 17.0. The van der Waals surface area contributed by atoms with E-state index in [2.05, 4.69) is 0 Å². The Bertz CT molecular complexity index is 552. The Morgan fingerprint density at radius 2 is 1.83 bits per heavy atom. The molecule has 1 aromatic carbocycles. The molecule has 126 valence electrons. The van der Waals surface area contributed by atoms with E-state index in [-0.39, 0.29) is 23.8 Å². The van der Waals surface area contributed by atoms with Gasteiger partial charge in [0.15, 0.2) is 0 Å². The third kappa shape index (κ3) is 3.33. The first-order valence-corrected chi connectivity index (χ1v) is 8.29. The highest BCUT2D eigenvalue weighted by molar-refractivity contribution is 5.90. The van der Waals surface area contributed by atoms with Gasteiger partial charge in [-0.25, -0.2) is 0 Å². The van der Waals surface area contributed by atoms with Crippen LogP contribution in [0, 0.1) is 5.92 Å². The van der Waals surface area contributed by atoms with Gasteiger partial charge in [0.2, 0.25) is 11.8 Å². The summed E-state index contributed by atoms with van der Waals surface area (Å²) < 4.78 is 5.20. The maximum atomic E-state index is 12.8. The van der Waals surface area contributed by atoms with E-state index >= 15 is 0 Å². The van der Waals surface area contributed by atoms with Crippen LogP contribution in [0.5, 0.6) is 5.75 Å². The van der Waals surface area contributed by atoms with Crippen molar-refractivity contribution in [2.45, 2.75) is 33.2 Å². The van der Waals surface area contributed by atoms with E-state index in [1.54, 1.807) is 7.11 Å². The first kappa shape index (κ1) is 17.3. The molecule has 0 aromatic heterocycles. The van der Waals surface area contributed by atoms with Crippen molar-refractivity contribution >= 4 is 11.8 Å². The molecule has 0 spiro atoms. The van der Waals surface area contributed by atoms with Gasteiger partial charge in [0.1, 0.15) is 5.75 Å². The van der Waals surface area contributed by atoms with Crippen molar-refractivity contribution in [1.29, 1.82) is 0 Å². The minimum absolute atomic E-state index is 0.0545. The molecule has 0 N–H and O–H groups in total. The summed E-state index contributed by atoms with van der Waals surface area (Å²) in [7, 11) is 1.62. The van der Waals surface area contributed by atoms with Crippen molar-refractivity contribution in [2.75, 3.05) is 26.7 Å². The zero-order valence-electron chi connectivity index (χ0n) is 14.4. The van der Waals surface area contributed by atoms with Crippen molar-refractivity contribution in [3.8, 4) is 5.75 Å². The van der Waals surface area contributed by atoms with Crippen LogP contribution < -0.4 is 4.74 Å². The van der Waals surface area contributed by atoms with Gasteiger partial charge in [0.05, 0.1) is 19.1 Å². The molecule has 0 radical (unpaired) electrons. The van der Waals surface area contributed by atoms with Crippen LogP contribution in [0.25, 0.3) is 0 Å². The summed E-state index contributed by atoms with van der Waals surface area (Å²) in [5.41, 5.74) is 0.990. The normalized spacial score (nSPS) is 20.7. The van der Waals surface area contributed by atoms with Crippen LogP contribution in [-0.2, 0) is 9.59 Å². The van der Waals surface area contributed by atoms with Crippen molar-refractivity contribution in [3.05, 3.63) is 29.8 Å². The van der Waals surface area contributed by atoms with Crippen molar-refractivity contribution in [1.82, 2.24) is 9.80 Å². The molecule has 1 saturated heterocycles. The summed E-state index contributed by atoms with van der Waals surface area (Å²) in [4.78, 5) is 28.8. The highest BCUT2D eigenvalue weighted by Gasteiger charge is 2.44. The standard InChI is InChI=1S/C18H26N2O3/c1-5-19(6-2)18(22)15-12-16(21)20(7-3)17(15)13-8-10-14(23-4)11-9-13/h8-11,15,17H,5-7,12H2,1-4H3/t15-,17+/m1/s1. The average molecular weight is 318 g/mol. The maximum absolute atomic E-state index is 12.8. The Morgan fingerprint density at radius 3 is 2.30 bits per heavy atom. The van der Waals surface area contributed by atoms with Gasteiger partial charge in [-0.05, 0) is 38.5 Å². The lowest BCUT2D eigenvalue weighted by molar-refractivity contribution is -0.136. The predicted molar refractivity (Wildman–Crippen MR) is 89.2 cm³/mol. The van der Waals surface area contributed by atoms with E-state index < -0.39 is 0 Å². The lowest BCUT2D eigenvalue weighted by atomic mass is 9.92. The summed E-state index contributed by atoms with van der Waals surface area (Å²) in [5, 5.41) is 0. The van der Waals surface area contributed by atoms with Crippen molar-refractivity contribution in [2.24, 2.45) is 5.92 Å². The van der Waals surface area contributed by atoms with Crippen LogP contribution in [-0.4, -0.2) is 48.4 Å². The third-order valence-corrected chi connectivity index (χ3v) is 4.62. The molecule has 5 nitrogen and oxygen atoms in total. The van der Waals surface area contributed by atoms with Gasteiger partial charge in [-0.1, -0.05) is 12.1 Å². The van der Waals surface area contributed by atoms with Crippen LogP contribution >= 0.6 is 0 Å². The quantitative estimate of drug-likeness (QED) is 0.809. The van der Waals surface area contributed by atoms with Crippen LogP contribution in [0.3, 0.4) is 0 Å². The Balaban J connectivity index is 2.35. The summed E-state index contributed by atoms with van der Waals surface area (Å²) in [5.74, 6) is 0.586. The fraction of sp³-hybridized carbons (Fsp3) is 0.556. The summed E-state index contributed by atoms with van der Waals surface area (Å²) in [6.45, 7) is 7.84. The SMILES string of the molecule is CCN(CC)C(=O)[C@@H]1CC(=O)N(CC)[C@H]1c1ccc(OC)cc1. The molecule has 1 heterocycles. The van der Waals surface area contributed by atoms with Gasteiger partial charge in [-0.3, -0.25) is 9.59 Å². The lowest BCUT2D eigenvalue weighted by Crippen LogP contribution is -2.38. The number of hydrogen-bond donors (Lipinski definition) is 0. The summed E-state index contributed by atoms with van der Waals surface area (Å²) >= 11 is 0. The minimum Gasteiger partial charge on any atom is -0.497 e. The van der Waals surface area contributed by atoms with E-state index in [9.17, 15) is 9.59 Å². The number of hydrogen-bond acceptors (Lipinski definition) is 3. The monoisotopic (exact) mass is 318 g/mol. The smallest absolute Gasteiger partial charge is 0.228 e. The van der Waals surface area contributed by atoms with Crippen LogP contribution in [0.4, 0.5) is 0 Å². The van der Waals surface area contributed by atoms with Gasteiger partial charge in [0.25, 0.3) is 0 Å². The number of likely N-dealkylation sites (tertiary alicyclic amines) is 1. The number of ether oxygens (including phenoxy) is 1. The Morgan fingerprint density at radius 1 is 1.22 bits per heavy atom. The van der Waals surface area contributed by atoms with Crippen LogP contribution in [0.2, 0.25) is 0 Å². The van der Waals surface area contributed by atoms with Crippen LogP contribution in [0.15, 0.2) is 24.3 Å². The lowest BCUT2D eigenvalue weighted by Gasteiger charge is -2.30. The number of nitrogens with zero attached hydrogens (tertiary/aromatic N) is 2. The second-order valence-corrected chi connectivity index (χ2v) is 5.72. The topological polar surface area (TPSA) is 49.9 Å². The van der Waals surface area contributed by atoms with Gasteiger partial charge < -0.3 is 14.5 Å². The molecule has 0 bridgehead atoms. The largest absolute Gasteiger partial charge is 0.497 e. The van der Waals surface area contributed by atoms with E-state index in [0.717, 1.165) is 11.3 Å². The van der Waals surface area contributed by atoms with Gasteiger partial charge in [-0.2, -0.15) is 0 Å². The molecule has 1 aliphatic heterocycles. The molecule has 1 aliphatic rings. The molecule has 0 unspecified atom stereocenters. The molecule has 2 rings (SSSR count). The fourth-order valence-electron chi connectivity index (χ4n) is 3.37. The second-order valence-electron chi connectivity index (χ2n) is 5.72. The number of carbonyl (C=O) groups is 2. The zero-order valence-corrected chi connectivity index (χ0v) is 14.4.